The molecule has 280 valence electrons. The van der Waals surface area contributed by atoms with Crippen LogP contribution in [0.3, 0.4) is 0 Å². The molecule has 3 N–H and O–H groups in total. The van der Waals surface area contributed by atoms with E-state index in [1.54, 1.807) is 36.7 Å². The number of nitrogens with zero attached hydrogens (tertiary/aromatic N) is 3. The molecule has 0 fully saturated rings. The molecule has 5 rings (SSSR count). The van der Waals surface area contributed by atoms with Crippen LogP contribution in [0.2, 0.25) is 0 Å². The number of pyridine rings is 1. The summed E-state index contributed by atoms with van der Waals surface area (Å²) in [5.74, 6) is -0.958. The first kappa shape index (κ1) is 39.3. The number of carboxylic acid groups (broad SMARTS) is 1. The zero-order valence-electron chi connectivity index (χ0n) is 31.4. The Bertz CT molecular complexity index is 1960. The van der Waals surface area contributed by atoms with Crippen molar-refractivity contribution < 1.29 is 24.2 Å². The van der Waals surface area contributed by atoms with E-state index in [1.807, 2.05) is 60.7 Å². The molecule has 2 unspecified atom stereocenters. The maximum absolute atomic E-state index is 13.7. The number of carboxylic acids is 1. The molecule has 2 amide bonds. The predicted molar refractivity (Wildman–Crippen MR) is 210 cm³/mol. The fraction of sp³-hybridized carbons (Fsp3) is 0.318. The number of carbonyl (C=O) groups excluding carboxylic acids is 2. The van der Waals surface area contributed by atoms with Crippen molar-refractivity contribution in [2.45, 2.75) is 83.7 Å². The average molecular weight is 728 g/mol. The van der Waals surface area contributed by atoms with Gasteiger partial charge in [0.2, 0.25) is 5.91 Å². The molecule has 2 heterocycles. The lowest BCUT2D eigenvalue weighted by Gasteiger charge is -2.22. The number of benzene rings is 3. The monoisotopic (exact) mass is 727 g/mol. The van der Waals surface area contributed by atoms with Crippen LogP contribution >= 0.6 is 0 Å². The van der Waals surface area contributed by atoms with Gasteiger partial charge in [0.25, 0.3) is 5.91 Å². The van der Waals surface area contributed by atoms with Crippen LogP contribution in [0.5, 0.6) is 5.75 Å². The van der Waals surface area contributed by atoms with Gasteiger partial charge in [0.15, 0.2) is 11.9 Å². The van der Waals surface area contributed by atoms with E-state index in [9.17, 15) is 19.5 Å². The van der Waals surface area contributed by atoms with Crippen LogP contribution in [0.15, 0.2) is 110 Å². The van der Waals surface area contributed by atoms with E-state index >= 15 is 0 Å². The second kappa shape index (κ2) is 18.7. The molecule has 54 heavy (non-hydrogen) atoms. The Morgan fingerprint density at radius 1 is 0.759 bits per heavy atom. The number of rotatable bonds is 17. The van der Waals surface area contributed by atoms with E-state index in [4.69, 9.17) is 4.74 Å². The number of ether oxygens (including phenoxy) is 1. The van der Waals surface area contributed by atoms with Crippen molar-refractivity contribution in [1.29, 1.82) is 0 Å². The highest BCUT2D eigenvalue weighted by molar-refractivity contribution is 5.98. The Kier molecular flexibility index (Phi) is 13.6. The quantitative estimate of drug-likeness (QED) is 0.0815. The van der Waals surface area contributed by atoms with E-state index in [0.29, 0.717) is 23.6 Å². The number of aromatic nitrogens is 3. The van der Waals surface area contributed by atoms with Crippen LogP contribution in [-0.4, -0.2) is 50.5 Å². The van der Waals surface area contributed by atoms with Crippen LogP contribution < -0.4 is 15.4 Å². The lowest BCUT2D eigenvalue weighted by atomic mass is 9.86. The molecule has 0 saturated carbocycles. The van der Waals surface area contributed by atoms with Gasteiger partial charge < -0.3 is 20.5 Å². The summed E-state index contributed by atoms with van der Waals surface area (Å²) >= 11 is 0. The van der Waals surface area contributed by atoms with E-state index in [2.05, 4.69) is 53.3 Å². The number of amides is 2. The number of hydrogen-bond acceptors (Lipinski definition) is 7. The predicted octanol–water partition coefficient (Wildman–Crippen LogP) is 8.14. The van der Waals surface area contributed by atoms with Crippen molar-refractivity contribution in [3.8, 4) is 28.3 Å². The van der Waals surface area contributed by atoms with Crippen molar-refractivity contribution >= 4 is 17.8 Å². The summed E-state index contributed by atoms with van der Waals surface area (Å²) < 4.78 is 5.90. The van der Waals surface area contributed by atoms with Gasteiger partial charge in [0.1, 0.15) is 11.8 Å². The molecule has 0 aliphatic rings. The SMILES string of the molecule is CCCCCCCOc1ccc(-c2cnc(-c3ccc(CC(NC(=O)c4ccc(C(C)(C)C)cc4)C(=O)NC(C(=O)O)c4cccnc4)cc3)nc2)cc1. The molecule has 3 aromatic carbocycles. The third-order valence-electron chi connectivity index (χ3n) is 9.19. The zero-order chi connectivity index (χ0) is 38.5. The van der Waals surface area contributed by atoms with Gasteiger partial charge in [-0.1, -0.05) is 108 Å². The number of aliphatic carboxylic acids is 1. The Morgan fingerprint density at radius 3 is 2.04 bits per heavy atom. The molecule has 5 aromatic rings. The second-order valence-electron chi connectivity index (χ2n) is 14.4. The maximum atomic E-state index is 13.7. The Balaban J connectivity index is 1.27. The molecule has 2 atom stereocenters. The summed E-state index contributed by atoms with van der Waals surface area (Å²) in [6.07, 6.45) is 12.6. The van der Waals surface area contributed by atoms with Crippen molar-refractivity contribution in [1.82, 2.24) is 25.6 Å². The lowest BCUT2D eigenvalue weighted by Crippen LogP contribution is -2.50. The minimum Gasteiger partial charge on any atom is -0.494 e. The van der Waals surface area contributed by atoms with Gasteiger partial charge in [0, 0.05) is 53.5 Å². The van der Waals surface area contributed by atoms with Gasteiger partial charge in [-0.05, 0) is 58.9 Å². The largest absolute Gasteiger partial charge is 0.494 e. The number of unbranched alkanes of at least 4 members (excludes halogenated alkanes) is 4. The first-order valence-electron chi connectivity index (χ1n) is 18.5. The molecular weight excluding hydrogens is 679 g/mol. The van der Waals surface area contributed by atoms with Gasteiger partial charge in [0.05, 0.1) is 6.61 Å². The van der Waals surface area contributed by atoms with Gasteiger partial charge in [-0.2, -0.15) is 0 Å². The fourth-order valence-electron chi connectivity index (χ4n) is 5.94. The summed E-state index contributed by atoms with van der Waals surface area (Å²) in [7, 11) is 0. The first-order chi connectivity index (χ1) is 26.0. The molecule has 10 heteroatoms. The average Bonchev–Trinajstić information content (AvgIpc) is 3.18. The van der Waals surface area contributed by atoms with Gasteiger partial charge in [-0.3, -0.25) is 14.6 Å². The summed E-state index contributed by atoms with van der Waals surface area (Å²) in [6, 6.07) is 23.3. The number of nitrogens with one attached hydrogen (secondary N) is 2. The first-order valence-corrected chi connectivity index (χ1v) is 18.5. The van der Waals surface area contributed by atoms with Crippen LogP contribution in [0.25, 0.3) is 22.5 Å². The Hall–Kier alpha value is -5.90. The zero-order valence-corrected chi connectivity index (χ0v) is 31.4. The molecule has 0 aliphatic carbocycles. The van der Waals surface area contributed by atoms with Crippen molar-refractivity contribution in [3.05, 3.63) is 132 Å². The summed E-state index contributed by atoms with van der Waals surface area (Å²) in [6.45, 7) is 9.18. The van der Waals surface area contributed by atoms with E-state index < -0.39 is 29.9 Å². The van der Waals surface area contributed by atoms with Crippen LogP contribution in [0.1, 0.15) is 92.9 Å². The molecule has 10 nitrogen and oxygen atoms in total. The van der Waals surface area contributed by atoms with Crippen molar-refractivity contribution in [3.63, 3.8) is 0 Å². The highest BCUT2D eigenvalue weighted by Crippen LogP contribution is 2.25. The Morgan fingerprint density at radius 2 is 1.43 bits per heavy atom. The Labute approximate surface area is 317 Å². The van der Waals surface area contributed by atoms with E-state index in [-0.39, 0.29) is 11.8 Å². The van der Waals surface area contributed by atoms with E-state index in [0.717, 1.165) is 40.0 Å². The molecule has 0 spiro atoms. The second-order valence-corrected chi connectivity index (χ2v) is 14.4. The summed E-state index contributed by atoms with van der Waals surface area (Å²) in [5.41, 5.74) is 5.05. The fourth-order valence-corrected chi connectivity index (χ4v) is 5.94. The molecular formula is C44H49N5O5. The minimum atomic E-state index is -1.35. The molecule has 2 aromatic heterocycles. The number of hydrogen-bond donors (Lipinski definition) is 3. The number of carbonyl (C=O) groups is 3. The van der Waals surface area contributed by atoms with Gasteiger partial charge >= 0.3 is 5.97 Å². The smallest absolute Gasteiger partial charge is 0.330 e. The van der Waals surface area contributed by atoms with Crippen LogP contribution in [-0.2, 0) is 21.4 Å². The standard InChI is InChI=1S/C44H49N5O5/c1-5-6-7-8-9-25-54-37-22-18-31(19-23-37)35-28-46-40(47-29-35)32-14-12-30(13-15-32)26-38(42(51)49-39(43(52)53)34-11-10-24-45-27-34)48-41(50)33-16-20-36(21-17-33)44(2,3)4/h10-24,27-29,38-39H,5-9,25-26H2,1-4H3,(H,48,50)(H,49,51)(H,52,53). The summed E-state index contributed by atoms with van der Waals surface area (Å²) in [5, 5.41) is 15.4. The molecule has 0 saturated heterocycles. The lowest BCUT2D eigenvalue weighted by molar-refractivity contribution is -0.142. The third kappa shape index (κ3) is 11.1. The minimum absolute atomic E-state index is 0.0937. The van der Waals surface area contributed by atoms with E-state index in [1.165, 1.54) is 38.1 Å². The highest BCUT2D eigenvalue weighted by Gasteiger charge is 2.28. The van der Waals surface area contributed by atoms with Crippen LogP contribution in [0.4, 0.5) is 0 Å². The summed E-state index contributed by atoms with van der Waals surface area (Å²) in [4.78, 5) is 52.5. The van der Waals surface area contributed by atoms with Crippen LogP contribution in [0, 0.1) is 0 Å². The highest BCUT2D eigenvalue weighted by atomic mass is 16.5. The molecule has 0 bridgehead atoms. The van der Waals surface area contributed by atoms with Crippen molar-refractivity contribution in [2.75, 3.05) is 6.61 Å². The van der Waals surface area contributed by atoms with Gasteiger partial charge in [-0.15, -0.1) is 0 Å². The third-order valence-corrected chi connectivity index (χ3v) is 9.19. The topological polar surface area (TPSA) is 143 Å². The van der Waals surface area contributed by atoms with Crippen molar-refractivity contribution in [2.24, 2.45) is 0 Å². The molecule has 0 aliphatic heterocycles. The normalized spacial score (nSPS) is 12.4. The maximum Gasteiger partial charge on any atom is 0.330 e. The molecule has 0 radical (unpaired) electrons. The van der Waals surface area contributed by atoms with Gasteiger partial charge in [-0.25, -0.2) is 14.8 Å².